The predicted octanol–water partition coefficient (Wildman–Crippen LogP) is 1.63. The fourth-order valence-electron chi connectivity index (χ4n) is 1.09. The molecule has 0 amide bonds. The Kier molecular flexibility index (Phi) is 1.73. The van der Waals surface area contributed by atoms with Gasteiger partial charge < -0.3 is 10.3 Å². The lowest BCUT2D eigenvalue weighted by Crippen LogP contribution is -1.86. The third-order valence-electron chi connectivity index (χ3n) is 1.67. The SMILES string of the molecule is Cc1nc(-c2cccc(N)c2)no1. The van der Waals surface area contributed by atoms with Crippen LogP contribution in [0.3, 0.4) is 0 Å². The fourth-order valence-corrected chi connectivity index (χ4v) is 1.09. The minimum atomic E-state index is 0.553. The highest BCUT2D eigenvalue weighted by atomic mass is 16.5. The van der Waals surface area contributed by atoms with Gasteiger partial charge in [-0.3, -0.25) is 0 Å². The van der Waals surface area contributed by atoms with Gasteiger partial charge in [-0.25, -0.2) is 0 Å². The van der Waals surface area contributed by atoms with Crippen LogP contribution >= 0.6 is 0 Å². The van der Waals surface area contributed by atoms with E-state index in [1.54, 1.807) is 6.92 Å². The number of nitrogens with two attached hydrogens (primary N) is 1. The van der Waals surface area contributed by atoms with Crippen molar-refractivity contribution in [1.82, 2.24) is 10.1 Å². The van der Waals surface area contributed by atoms with Gasteiger partial charge in [0.25, 0.3) is 0 Å². The molecule has 0 bridgehead atoms. The standard InChI is InChI=1S/C9H9N3O/c1-6-11-9(12-13-6)7-3-2-4-8(10)5-7/h2-5H,10H2,1H3. The van der Waals surface area contributed by atoms with Gasteiger partial charge in [0.2, 0.25) is 11.7 Å². The van der Waals surface area contributed by atoms with Crippen LogP contribution in [0.4, 0.5) is 5.69 Å². The van der Waals surface area contributed by atoms with Crippen LogP contribution in [0.25, 0.3) is 11.4 Å². The number of rotatable bonds is 1. The second kappa shape index (κ2) is 2.90. The Bertz CT molecular complexity index is 422. The van der Waals surface area contributed by atoms with Crippen molar-refractivity contribution >= 4 is 5.69 Å². The van der Waals surface area contributed by atoms with Gasteiger partial charge in [-0.1, -0.05) is 17.3 Å². The van der Waals surface area contributed by atoms with Crippen LogP contribution < -0.4 is 5.73 Å². The summed E-state index contributed by atoms with van der Waals surface area (Å²) in [5.74, 6) is 1.13. The molecule has 0 saturated heterocycles. The van der Waals surface area contributed by atoms with E-state index in [0.717, 1.165) is 5.56 Å². The molecule has 2 rings (SSSR count). The van der Waals surface area contributed by atoms with Crippen LogP contribution in [0, 0.1) is 6.92 Å². The van der Waals surface area contributed by atoms with E-state index >= 15 is 0 Å². The Morgan fingerprint density at radius 1 is 1.38 bits per heavy atom. The van der Waals surface area contributed by atoms with Gasteiger partial charge in [0, 0.05) is 18.2 Å². The van der Waals surface area contributed by atoms with Crippen molar-refractivity contribution in [2.24, 2.45) is 0 Å². The van der Waals surface area contributed by atoms with Crippen molar-refractivity contribution in [3.63, 3.8) is 0 Å². The largest absolute Gasteiger partial charge is 0.399 e. The van der Waals surface area contributed by atoms with Gasteiger partial charge in [0.15, 0.2) is 0 Å². The first kappa shape index (κ1) is 7.79. The molecule has 66 valence electrons. The van der Waals surface area contributed by atoms with Crippen LogP contribution in [0.1, 0.15) is 5.89 Å². The van der Waals surface area contributed by atoms with Crippen LogP contribution in [0.5, 0.6) is 0 Å². The fraction of sp³-hybridized carbons (Fsp3) is 0.111. The average Bonchev–Trinajstić information content (AvgIpc) is 2.52. The molecule has 0 spiro atoms. The summed E-state index contributed by atoms with van der Waals surface area (Å²) in [7, 11) is 0. The molecule has 0 aliphatic carbocycles. The number of anilines is 1. The second-order valence-electron chi connectivity index (χ2n) is 2.76. The maximum absolute atomic E-state index is 5.62. The molecule has 4 nitrogen and oxygen atoms in total. The smallest absolute Gasteiger partial charge is 0.223 e. The van der Waals surface area contributed by atoms with Gasteiger partial charge in [-0.05, 0) is 12.1 Å². The summed E-state index contributed by atoms with van der Waals surface area (Å²) in [5.41, 5.74) is 7.18. The Labute approximate surface area is 75.4 Å². The van der Waals surface area contributed by atoms with E-state index in [1.807, 2.05) is 24.3 Å². The molecule has 1 aromatic heterocycles. The van der Waals surface area contributed by atoms with Crippen molar-refractivity contribution in [3.8, 4) is 11.4 Å². The Morgan fingerprint density at radius 3 is 2.85 bits per heavy atom. The summed E-state index contributed by atoms with van der Waals surface area (Å²) in [6, 6.07) is 7.37. The number of nitrogen functional groups attached to an aromatic ring is 1. The van der Waals surface area contributed by atoms with E-state index in [9.17, 15) is 0 Å². The highest BCUT2D eigenvalue weighted by molar-refractivity contribution is 5.60. The zero-order valence-electron chi connectivity index (χ0n) is 7.19. The third kappa shape index (κ3) is 1.51. The van der Waals surface area contributed by atoms with Crippen LogP contribution in [-0.4, -0.2) is 10.1 Å². The zero-order valence-corrected chi connectivity index (χ0v) is 7.19. The van der Waals surface area contributed by atoms with Crippen LogP contribution in [-0.2, 0) is 0 Å². The molecule has 13 heavy (non-hydrogen) atoms. The van der Waals surface area contributed by atoms with Crippen molar-refractivity contribution in [3.05, 3.63) is 30.2 Å². The van der Waals surface area contributed by atoms with E-state index in [1.165, 1.54) is 0 Å². The molecule has 0 fully saturated rings. The van der Waals surface area contributed by atoms with Gasteiger partial charge in [0.05, 0.1) is 0 Å². The molecule has 1 heterocycles. The Hall–Kier alpha value is -1.84. The van der Waals surface area contributed by atoms with E-state index in [-0.39, 0.29) is 0 Å². The summed E-state index contributed by atoms with van der Waals surface area (Å²) >= 11 is 0. The lowest BCUT2D eigenvalue weighted by atomic mass is 10.2. The molecule has 4 heteroatoms. The predicted molar refractivity (Wildman–Crippen MR) is 48.9 cm³/mol. The maximum Gasteiger partial charge on any atom is 0.223 e. The summed E-state index contributed by atoms with van der Waals surface area (Å²) in [5, 5.41) is 3.79. The highest BCUT2D eigenvalue weighted by Gasteiger charge is 2.04. The number of hydrogen-bond donors (Lipinski definition) is 1. The van der Waals surface area contributed by atoms with Crippen molar-refractivity contribution in [2.75, 3.05) is 5.73 Å². The minimum absolute atomic E-state index is 0.553. The number of nitrogens with zero attached hydrogens (tertiary/aromatic N) is 2. The molecule has 0 unspecified atom stereocenters. The molecule has 0 saturated carbocycles. The van der Waals surface area contributed by atoms with Crippen LogP contribution in [0.15, 0.2) is 28.8 Å². The maximum atomic E-state index is 5.62. The van der Waals surface area contributed by atoms with E-state index < -0.39 is 0 Å². The number of benzene rings is 1. The lowest BCUT2D eigenvalue weighted by Gasteiger charge is -1.94. The van der Waals surface area contributed by atoms with Gasteiger partial charge >= 0.3 is 0 Å². The molecule has 0 aliphatic heterocycles. The molecule has 1 aromatic carbocycles. The minimum Gasteiger partial charge on any atom is -0.399 e. The Balaban J connectivity index is 2.46. The molecule has 0 atom stereocenters. The first-order valence-corrected chi connectivity index (χ1v) is 3.92. The molecule has 2 N–H and O–H groups in total. The Morgan fingerprint density at radius 2 is 2.23 bits per heavy atom. The first-order valence-electron chi connectivity index (χ1n) is 3.92. The number of hydrogen-bond acceptors (Lipinski definition) is 4. The van der Waals surface area contributed by atoms with Crippen molar-refractivity contribution in [2.45, 2.75) is 6.92 Å². The van der Waals surface area contributed by atoms with E-state index in [4.69, 9.17) is 10.3 Å². The molecule has 2 aromatic rings. The third-order valence-corrected chi connectivity index (χ3v) is 1.67. The molecular weight excluding hydrogens is 166 g/mol. The zero-order chi connectivity index (χ0) is 9.26. The molecule has 0 radical (unpaired) electrons. The summed E-state index contributed by atoms with van der Waals surface area (Å²) in [6.07, 6.45) is 0. The molecule has 0 aliphatic rings. The van der Waals surface area contributed by atoms with E-state index in [0.29, 0.717) is 17.4 Å². The first-order chi connectivity index (χ1) is 6.25. The highest BCUT2D eigenvalue weighted by Crippen LogP contribution is 2.17. The monoisotopic (exact) mass is 175 g/mol. The topological polar surface area (TPSA) is 64.9 Å². The summed E-state index contributed by atoms with van der Waals surface area (Å²) < 4.78 is 4.86. The van der Waals surface area contributed by atoms with Gasteiger partial charge in [-0.15, -0.1) is 0 Å². The van der Waals surface area contributed by atoms with Crippen molar-refractivity contribution < 1.29 is 4.52 Å². The lowest BCUT2D eigenvalue weighted by molar-refractivity contribution is 0.394. The summed E-state index contributed by atoms with van der Waals surface area (Å²) in [6.45, 7) is 1.75. The number of aryl methyl sites for hydroxylation is 1. The average molecular weight is 175 g/mol. The van der Waals surface area contributed by atoms with Crippen LogP contribution in [0.2, 0.25) is 0 Å². The summed E-state index contributed by atoms with van der Waals surface area (Å²) in [4.78, 5) is 4.09. The van der Waals surface area contributed by atoms with Crippen molar-refractivity contribution in [1.29, 1.82) is 0 Å². The second-order valence-corrected chi connectivity index (χ2v) is 2.76. The van der Waals surface area contributed by atoms with Gasteiger partial charge in [0.1, 0.15) is 0 Å². The number of aromatic nitrogens is 2. The van der Waals surface area contributed by atoms with Gasteiger partial charge in [-0.2, -0.15) is 4.98 Å². The quantitative estimate of drug-likeness (QED) is 0.669. The molecular formula is C9H9N3O. The normalized spacial score (nSPS) is 10.2. The van der Waals surface area contributed by atoms with E-state index in [2.05, 4.69) is 10.1 Å².